The highest BCUT2D eigenvalue weighted by atomic mass is 19.4. The van der Waals surface area contributed by atoms with Crippen LogP contribution in [-0.4, -0.2) is 23.9 Å². The summed E-state index contributed by atoms with van der Waals surface area (Å²) < 4.78 is 41.4. The molecule has 0 saturated carbocycles. The molecule has 1 aromatic carbocycles. The van der Waals surface area contributed by atoms with Crippen LogP contribution in [0.3, 0.4) is 0 Å². The molecule has 0 aliphatic rings. The minimum absolute atomic E-state index is 0.0712. The summed E-state index contributed by atoms with van der Waals surface area (Å²) in [5.74, 6) is -0.693. The van der Waals surface area contributed by atoms with Crippen molar-refractivity contribution < 1.29 is 27.8 Å². The molecule has 20 heavy (non-hydrogen) atoms. The third-order valence-electron chi connectivity index (χ3n) is 2.50. The predicted octanol–water partition coefficient (Wildman–Crippen LogP) is 3.81. The van der Waals surface area contributed by atoms with Gasteiger partial charge in [0.2, 0.25) is 0 Å². The maximum absolute atomic E-state index is 12.0. The Hall–Kier alpha value is -1.98. The molecular weight excluding hydrogens is 273 g/mol. The van der Waals surface area contributed by atoms with Crippen molar-refractivity contribution in [2.75, 3.05) is 6.61 Å². The van der Waals surface area contributed by atoms with E-state index in [1.807, 2.05) is 0 Å². The lowest BCUT2D eigenvalue weighted by molar-refractivity contribution is -0.136. The van der Waals surface area contributed by atoms with Gasteiger partial charge in [-0.05, 0) is 25.0 Å². The Labute approximate surface area is 114 Å². The Balaban J connectivity index is 2.71. The number of aliphatic carboxylic acids is 1. The smallest absolute Gasteiger partial charge is 0.389 e. The first-order chi connectivity index (χ1) is 9.29. The lowest BCUT2D eigenvalue weighted by Crippen LogP contribution is -2.10. The average Bonchev–Trinajstić information content (AvgIpc) is 2.32. The van der Waals surface area contributed by atoms with E-state index in [1.54, 1.807) is 25.1 Å². The summed E-state index contributed by atoms with van der Waals surface area (Å²) in [6.07, 6.45) is -2.92. The summed E-state index contributed by atoms with van der Waals surface area (Å²) in [6, 6.07) is 5.11. The number of alkyl halides is 3. The summed E-state index contributed by atoms with van der Waals surface area (Å²) in [6.45, 7) is 1.68. The molecule has 0 amide bonds. The molecule has 1 aromatic rings. The van der Waals surface area contributed by atoms with Crippen LogP contribution in [0, 0.1) is 6.92 Å². The monoisotopic (exact) mass is 288 g/mol. The van der Waals surface area contributed by atoms with Gasteiger partial charge in [-0.3, -0.25) is 0 Å². The van der Waals surface area contributed by atoms with E-state index in [0.29, 0.717) is 11.3 Å². The van der Waals surface area contributed by atoms with Gasteiger partial charge in [-0.25, -0.2) is 4.79 Å². The number of carbonyl (C=O) groups is 1. The standard InChI is InChI=1S/C14H15F3O3/c1-10-4-2-5-11(6-7-12(18)19)13(10)20-9-3-8-14(15,16)17/h2,4-7H,3,8-9H2,1H3,(H,18,19)/b7-6+. The van der Waals surface area contributed by atoms with Crippen LogP contribution < -0.4 is 4.74 Å². The fourth-order valence-electron chi connectivity index (χ4n) is 1.61. The molecule has 0 saturated heterocycles. The minimum atomic E-state index is -4.19. The van der Waals surface area contributed by atoms with Crippen LogP contribution in [-0.2, 0) is 4.79 Å². The van der Waals surface area contributed by atoms with Crippen LogP contribution in [0.25, 0.3) is 6.08 Å². The average molecular weight is 288 g/mol. The van der Waals surface area contributed by atoms with E-state index in [0.717, 1.165) is 11.6 Å². The zero-order chi connectivity index (χ0) is 15.2. The summed E-state index contributed by atoms with van der Waals surface area (Å²) in [5.41, 5.74) is 1.27. The molecule has 0 radical (unpaired) electrons. The van der Waals surface area contributed by atoms with Gasteiger partial charge in [-0.2, -0.15) is 13.2 Å². The molecule has 0 aromatic heterocycles. The minimum Gasteiger partial charge on any atom is -0.493 e. The molecule has 0 atom stereocenters. The van der Waals surface area contributed by atoms with Crippen LogP contribution in [0.4, 0.5) is 13.2 Å². The maximum atomic E-state index is 12.0. The van der Waals surface area contributed by atoms with Crippen molar-refractivity contribution in [3.8, 4) is 5.75 Å². The van der Waals surface area contributed by atoms with Gasteiger partial charge in [0.1, 0.15) is 5.75 Å². The van der Waals surface area contributed by atoms with E-state index in [2.05, 4.69) is 0 Å². The first-order valence-corrected chi connectivity index (χ1v) is 6.00. The number of para-hydroxylation sites is 1. The van der Waals surface area contributed by atoms with E-state index in [-0.39, 0.29) is 13.0 Å². The van der Waals surface area contributed by atoms with Gasteiger partial charge in [0.25, 0.3) is 0 Å². The Kier molecular flexibility index (Phi) is 5.61. The zero-order valence-electron chi connectivity index (χ0n) is 10.9. The Morgan fingerprint density at radius 2 is 2.10 bits per heavy atom. The van der Waals surface area contributed by atoms with E-state index < -0.39 is 18.6 Å². The van der Waals surface area contributed by atoms with Crippen molar-refractivity contribution in [1.82, 2.24) is 0 Å². The van der Waals surface area contributed by atoms with Crippen LogP contribution >= 0.6 is 0 Å². The number of hydrogen-bond acceptors (Lipinski definition) is 2. The number of rotatable bonds is 6. The number of carboxylic acids is 1. The highest BCUT2D eigenvalue weighted by Crippen LogP contribution is 2.26. The lowest BCUT2D eigenvalue weighted by atomic mass is 10.1. The Morgan fingerprint density at radius 1 is 1.40 bits per heavy atom. The summed E-state index contributed by atoms with van der Waals surface area (Å²) in [4.78, 5) is 10.5. The first-order valence-electron chi connectivity index (χ1n) is 6.00. The quantitative estimate of drug-likeness (QED) is 0.639. The van der Waals surface area contributed by atoms with E-state index in [4.69, 9.17) is 9.84 Å². The van der Waals surface area contributed by atoms with Crippen LogP contribution in [0.1, 0.15) is 24.0 Å². The molecule has 1 rings (SSSR count). The molecular formula is C14H15F3O3. The second-order valence-corrected chi connectivity index (χ2v) is 4.23. The van der Waals surface area contributed by atoms with Crippen LogP contribution in [0.5, 0.6) is 5.75 Å². The predicted molar refractivity (Wildman–Crippen MR) is 68.6 cm³/mol. The molecule has 0 unspecified atom stereocenters. The highest BCUT2D eigenvalue weighted by Gasteiger charge is 2.26. The number of ether oxygens (including phenoxy) is 1. The zero-order valence-corrected chi connectivity index (χ0v) is 10.9. The molecule has 0 spiro atoms. The highest BCUT2D eigenvalue weighted by molar-refractivity contribution is 5.86. The fourth-order valence-corrected chi connectivity index (χ4v) is 1.61. The number of hydrogen-bond donors (Lipinski definition) is 1. The van der Waals surface area contributed by atoms with Gasteiger partial charge in [-0.1, -0.05) is 18.2 Å². The van der Waals surface area contributed by atoms with Gasteiger partial charge >= 0.3 is 12.1 Å². The molecule has 1 N–H and O–H groups in total. The SMILES string of the molecule is Cc1cccc(/C=C/C(=O)O)c1OCCCC(F)(F)F. The van der Waals surface area contributed by atoms with Crippen LogP contribution in [0.2, 0.25) is 0 Å². The van der Waals surface area contributed by atoms with E-state index in [9.17, 15) is 18.0 Å². The summed E-state index contributed by atoms with van der Waals surface area (Å²) in [7, 11) is 0. The number of halogens is 3. The number of aryl methyl sites for hydroxylation is 1. The topological polar surface area (TPSA) is 46.5 Å². The normalized spacial score (nSPS) is 11.8. The molecule has 110 valence electrons. The van der Waals surface area contributed by atoms with Crippen molar-refractivity contribution in [1.29, 1.82) is 0 Å². The van der Waals surface area contributed by atoms with Gasteiger partial charge in [0.15, 0.2) is 0 Å². The number of benzene rings is 1. The van der Waals surface area contributed by atoms with Crippen molar-refractivity contribution in [3.05, 3.63) is 35.4 Å². The lowest BCUT2D eigenvalue weighted by Gasteiger charge is -2.12. The molecule has 0 heterocycles. The van der Waals surface area contributed by atoms with Gasteiger partial charge in [0, 0.05) is 18.1 Å². The third kappa shape index (κ3) is 5.77. The maximum Gasteiger partial charge on any atom is 0.389 e. The van der Waals surface area contributed by atoms with E-state index >= 15 is 0 Å². The molecule has 0 aliphatic carbocycles. The Morgan fingerprint density at radius 3 is 2.70 bits per heavy atom. The third-order valence-corrected chi connectivity index (χ3v) is 2.50. The number of carboxylic acid groups (broad SMARTS) is 1. The second-order valence-electron chi connectivity index (χ2n) is 4.23. The van der Waals surface area contributed by atoms with Crippen LogP contribution in [0.15, 0.2) is 24.3 Å². The molecule has 3 nitrogen and oxygen atoms in total. The van der Waals surface area contributed by atoms with Gasteiger partial charge < -0.3 is 9.84 Å². The van der Waals surface area contributed by atoms with Crippen molar-refractivity contribution >= 4 is 12.0 Å². The molecule has 0 aliphatic heterocycles. The van der Waals surface area contributed by atoms with Crippen molar-refractivity contribution in [2.45, 2.75) is 25.9 Å². The molecule has 0 fully saturated rings. The Bertz CT molecular complexity index is 493. The second kappa shape index (κ2) is 6.98. The van der Waals surface area contributed by atoms with Gasteiger partial charge in [-0.15, -0.1) is 0 Å². The van der Waals surface area contributed by atoms with Crippen molar-refractivity contribution in [3.63, 3.8) is 0 Å². The fraction of sp³-hybridized carbons (Fsp3) is 0.357. The van der Waals surface area contributed by atoms with E-state index in [1.165, 1.54) is 6.08 Å². The molecule has 0 bridgehead atoms. The first kappa shape index (κ1) is 16.1. The summed E-state index contributed by atoms with van der Waals surface area (Å²) >= 11 is 0. The van der Waals surface area contributed by atoms with Gasteiger partial charge in [0.05, 0.1) is 6.61 Å². The summed E-state index contributed by atoms with van der Waals surface area (Å²) in [5, 5.41) is 8.59. The largest absolute Gasteiger partial charge is 0.493 e. The van der Waals surface area contributed by atoms with Crippen molar-refractivity contribution in [2.24, 2.45) is 0 Å². The molecule has 6 heteroatoms.